The predicted octanol–water partition coefficient (Wildman–Crippen LogP) is 3.17. The SMILES string of the molecule is O=C(COC(=O)C1CCCCC1)Nc1ccc(F)c(F)c1F. The van der Waals surface area contributed by atoms with Crippen LogP contribution in [0.15, 0.2) is 12.1 Å². The van der Waals surface area contributed by atoms with E-state index in [-0.39, 0.29) is 5.92 Å². The highest BCUT2D eigenvalue weighted by atomic mass is 19.2. The number of hydrogen-bond donors (Lipinski definition) is 1. The zero-order valence-corrected chi connectivity index (χ0v) is 11.8. The summed E-state index contributed by atoms with van der Waals surface area (Å²) in [4.78, 5) is 23.3. The first-order chi connectivity index (χ1) is 10.5. The van der Waals surface area contributed by atoms with Crippen LogP contribution < -0.4 is 5.32 Å². The molecule has 7 heteroatoms. The van der Waals surface area contributed by atoms with E-state index in [1.807, 2.05) is 5.32 Å². The number of nitrogens with one attached hydrogen (secondary N) is 1. The molecule has 0 bridgehead atoms. The molecule has 1 N–H and O–H groups in total. The molecule has 4 nitrogen and oxygen atoms in total. The van der Waals surface area contributed by atoms with Crippen molar-refractivity contribution in [2.45, 2.75) is 32.1 Å². The van der Waals surface area contributed by atoms with Crippen molar-refractivity contribution in [2.75, 3.05) is 11.9 Å². The first-order valence-corrected chi connectivity index (χ1v) is 7.09. The molecule has 1 aromatic rings. The van der Waals surface area contributed by atoms with Gasteiger partial charge in [0.05, 0.1) is 11.6 Å². The molecule has 120 valence electrons. The number of halogens is 3. The van der Waals surface area contributed by atoms with Gasteiger partial charge in [-0.05, 0) is 25.0 Å². The van der Waals surface area contributed by atoms with Crippen molar-refractivity contribution >= 4 is 17.6 Å². The third-order valence-corrected chi connectivity index (χ3v) is 3.59. The molecule has 1 saturated carbocycles. The fourth-order valence-corrected chi connectivity index (χ4v) is 2.40. The predicted molar refractivity (Wildman–Crippen MR) is 72.5 cm³/mol. The van der Waals surface area contributed by atoms with Gasteiger partial charge in [-0.2, -0.15) is 0 Å². The molecule has 0 unspecified atom stereocenters. The minimum atomic E-state index is -1.67. The van der Waals surface area contributed by atoms with E-state index < -0.39 is 41.6 Å². The van der Waals surface area contributed by atoms with Crippen LogP contribution >= 0.6 is 0 Å². The summed E-state index contributed by atoms with van der Waals surface area (Å²) in [6.45, 7) is -0.590. The molecule has 1 aliphatic carbocycles. The highest BCUT2D eigenvalue weighted by molar-refractivity contribution is 5.93. The average molecular weight is 315 g/mol. The van der Waals surface area contributed by atoms with E-state index in [9.17, 15) is 22.8 Å². The van der Waals surface area contributed by atoms with Crippen molar-refractivity contribution in [3.05, 3.63) is 29.6 Å². The minimum Gasteiger partial charge on any atom is -0.455 e. The van der Waals surface area contributed by atoms with Gasteiger partial charge in [-0.15, -0.1) is 0 Å². The second kappa shape index (κ2) is 7.29. The number of carbonyl (C=O) groups excluding carboxylic acids is 2. The van der Waals surface area contributed by atoms with Gasteiger partial charge in [0.2, 0.25) is 0 Å². The van der Waals surface area contributed by atoms with Gasteiger partial charge in [0.1, 0.15) is 0 Å². The van der Waals surface area contributed by atoms with Crippen LogP contribution in [0.1, 0.15) is 32.1 Å². The van der Waals surface area contributed by atoms with Crippen molar-refractivity contribution in [2.24, 2.45) is 5.92 Å². The van der Waals surface area contributed by atoms with Crippen LogP contribution in [0.3, 0.4) is 0 Å². The average Bonchev–Trinajstić information content (AvgIpc) is 2.54. The van der Waals surface area contributed by atoms with Crippen LogP contribution in [-0.4, -0.2) is 18.5 Å². The van der Waals surface area contributed by atoms with E-state index in [1.165, 1.54) is 0 Å². The van der Waals surface area contributed by atoms with E-state index in [1.54, 1.807) is 0 Å². The van der Waals surface area contributed by atoms with Gasteiger partial charge in [-0.3, -0.25) is 9.59 Å². The molecular formula is C15H16F3NO3. The molecule has 0 aliphatic heterocycles. The van der Waals surface area contributed by atoms with Crippen molar-refractivity contribution in [1.29, 1.82) is 0 Å². The molecular weight excluding hydrogens is 299 g/mol. The maximum absolute atomic E-state index is 13.4. The van der Waals surface area contributed by atoms with Crippen LogP contribution in [-0.2, 0) is 14.3 Å². The fourth-order valence-electron chi connectivity index (χ4n) is 2.40. The molecule has 0 saturated heterocycles. The highest BCUT2D eigenvalue weighted by Crippen LogP contribution is 2.24. The number of esters is 1. The summed E-state index contributed by atoms with van der Waals surface area (Å²) in [5.41, 5.74) is -0.502. The standard InChI is InChI=1S/C15H16F3NO3/c16-10-6-7-11(14(18)13(10)17)19-12(20)8-22-15(21)9-4-2-1-3-5-9/h6-7,9H,1-5,8H2,(H,19,20). The molecule has 1 fully saturated rings. The Balaban J connectivity index is 1.85. The number of anilines is 1. The topological polar surface area (TPSA) is 55.4 Å². The molecule has 2 rings (SSSR count). The van der Waals surface area contributed by atoms with Gasteiger partial charge in [0.15, 0.2) is 24.1 Å². The zero-order chi connectivity index (χ0) is 16.1. The fraction of sp³-hybridized carbons (Fsp3) is 0.467. The van der Waals surface area contributed by atoms with Gasteiger partial charge in [0.25, 0.3) is 5.91 Å². The number of amides is 1. The Kier molecular flexibility index (Phi) is 5.41. The molecule has 0 heterocycles. The summed E-state index contributed by atoms with van der Waals surface area (Å²) in [7, 11) is 0. The second-order valence-corrected chi connectivity index (χ2v) is 5.21. The van der Waals surface area contributed by atoms with E-state index in [2.05, 4.69) is 0 Å². The van der Waals surface area contributed by atoms with Crippen LogP contribution in [0, 0.1) is 23.4 Å². The van der Waals surface area contributed by atoms with Crippen molar-refractivity contribution in [3.63, 3.8) is 0 Å². The largest absolute Gasteiger partial charge is 0.455 e. The summed E-state index contributed by atoms with van der Waals surface area (Å²) >= 11 is 0. The molecule has 1 amide bonds. The minimum absolute atomic E-state index is 0.207. The Morgan fingerprint density at radius 3 is 2.45 bits per heavy atom. The monoisotopic (exact) mass is 315 g/mol. The third kappa shape index (κ3) is 3.99. The van der Waals surface area contributed by atoms with Crippen molar-refractivity contribution in [1.82, 2.24) is 0 Å². The normalized spacial score (nSPS) is 15.4. The van der Waals surface area contributed by atoms with Gasteiger partial charge in [-0.1, -0.05) is 19.3 Å². The number of benzene rings is 1. The van der Waals surface area contributed by atoms with Crippen LogP contribution in [0.25, 0.3) is 0 Å². The van der Waals surface area contributed by atoms with E-state index in [0.717, 1.165) is 38.2 Å². The van der Waals surface area contributed by atoms with E-state index in [0.29, 0.717) is 6.07 Å². The number of carbonyl (C=O) groups is 2. The highest BCUT2D eigenvalue weighted by Gasteiger charge is 2.23. The summed E-state index contributed by atoms with van der Waals surface area (Å²) in [6, 6.07) is 1.59. The lowest BCUT2D eigenvalue weighted by atomic mass is 9.89. The van der Waals surface area contributed by atoms with E-state index in [4.69, 9.17) is 4.74 Å². The van der Waals surface area contributed by atoms with Crippen molar-refractivity contribution in [3.8, 4) is 0 Å². The summed E-state index contributed by atoms with van der Waals surface area (Å²) < 4.78 is 44.0. The Hall–Kier alpha value is -2.05. The molecule has 0 atom stereocenters. The van der Waals surface area contributed by atoms with Gasteiger partial charge >= 0.3 is 5.97 Å². The van der Waals surface area contributed by atoms with Crippen LogP contribution in [0.2, 0.25) is 0 Å². The van der Waals surface area contributed by atoms with Crippen LogP contribution in [0.5, 0.6) is 0 Å². The Bertz CT molecular complexity index is 571. The summed E-state index contributed by atoms with van der Waals surface area (Å²) in [6.07, 6.45) is 4.45. The number of hydrogen-bond acceptors (Lipinski definition) is 3. The van der Waals surface area contributed by atoms with Crippen LogP contribution in [0.4, 0.5) is 18.9 Å². The molecule has 0 radical (unpaired) electrons. The molecule has 1 aromatic carbocycles. The first kappa shape index (κ1) is 16.3. The maximum Gasteiger partial charge on any atom is 0.309 e. The lowest BCUT2D eigenvalue weighted by molar-refractivity contribution is -0.152. The Morgan fingerprint density at radius 2 is 1.77 bits per heavy atom. The molecule has 0 aromatic heterocycles. The number of ether oxygens (including phenoxy) is 1. The maximum atomic E-state index is 13.4. The smallest absolute Gasteiger partial charge is 0.309 e. The zero-order valence-electron chi connectivity index (χ0n) is 11.8. The Labute approximate surface area is 125 Å². The molecule has 22 heavy (non-hydrogen) atoms. The van der Waals surface area contributed by atoms with Gasteiger partial charge < -0.3 is 10.1 Å². The first-order valence-electron chi connectivity index (χ1n) is 7.09. The lowest BCUT2D eigenvalue weighted by Gasteiger charge is -2.19. The molecule has 1 aliphatic rings. The molecule has 0 spiro atoms. The summed E-state index contributed by atoms with van der Waals surface area (Å²) in [5.74, 6) is -5.99. The Morgan fingerprint density at radius 1 is 1.09 bits per heavy atom. The van der Waals surface area contributed by atoms with Gasteiger partial charge in [0, 0.05) is 0 Å². The van der Waals surface area contributed by atoms with Crippen molar-refractivity contribution < 1.29 is 27.5 Å². The number of rotatable bonds is 4. The van der Waals surface area contributed by atoms with E-state index >= 15 is 0 Å². The second-order valence-electron chi connectivity index (χ2n) is 5.21. The third-order valence-electron chi connectivity index (χ3n) is 3.59. The van der Waals surface area contributed by atoms with Gasteiger partial charge in [-0.25, -0.2) is 13.2 Å². The quantitative estimate of drug-likeness (QED) is 0.686. The lowest BCUT2D eigenvalue weighted by Crippen LogP contribution is -2.26. The summed E-state index contributed by atoms with van der Waals surface area (Å²) in [5, 5.41) is 2.04.